The van der Waals surface area contributed by atoms with Crippen molar-refractivity contribution in [2.45, 2.75) is 50.7 Å². The number of amides is 1. The van der Waals surface area contributed by atoms with Crippen molar-refractivity contribution in [2.75, 3.05) is 11.6 Å². The first-order chi connectivity index (χ1) is 17.3. The van der Waals surface area contributed by atoms with Gasteiger partial charge in [-0.05, 0) is 41.3 Å². The molecular formula is C25H26F3N3O4S2. The van der Waals surface area contributed by atoms with Gasteiger partial charge in [-0.1, -0.05) is 38.1 Å². The van der Waals surface area contributed by atoms with Crippen LogP contribution in [0.25, 0.3) is 0 Å². The molecule has 1 atom stereocenters. The zero-order chi connectivity index (χ0) is 27.0. The lowest BCUT2D eigenvalue weighted by Crippen LogP contribution is -2.26. The van der Waals surface area contributed by atoms with Crippen molar-refractivity contribution in [1.82, 2.24) is 9.88 Å². The first kappa shape index (κ1) is 27.1. The lowest BCUT2D eigenvalue weighted by atomic mass is 10.0. The van der Waals surface area contributed by atoms with Gasteiger partial charge in [-0.15, -0.1) is 24.5 Å². The maximum atomic E-state index is 12.6. The Morgan fingerprint density at radius 2 is 1.76 bits per heavy atom. The molecule has 0 saturated carbocycles. The van der Waals surface area contributed by atoms with E-state index in [1.165, 1.54) is 35.6 Å². The number of ether oxygens (including phenoxy) is 1. The van der Waals surface area contributed by atoms with Gasteiger partial charge < -0.3 is 10.1 Å². The van der Waals surface area contributed by atoms with Crippen LogP contribution in [0.2, 0.25) is 0 Å². The normalized spacial score (nSPS) is 16.1. The molecule has 1 aromatic heterocycles. The minimum atomic E-state index is -4.73. The summed E-state index contributed by atoms with van der Waals surface area (Å²) < 4.78 is 64.4. The van der Waals surface area contributed by atoms with Crippen LogP contribution in [0, 0.1) is 5.92 Å². The Hall–Kier alpha value is -2.96. The van der Waals surface area contributed by atoms with Crippen LogP contribution in [0.15, 0.2) is 53.4 Å². The number of hydrogen-bond donors (Lipinski definition) is 1. The van der Waals surface area contributed by atoms with Crippen molar-refractivity contribution in [3.05, 3.63) is 70.2 Å². The van der Waals surface area contributed by atoms with E-state index in [1.54, 1.807) is 24.3 Å². The fraction of sp³-hybridized carbons (Fsp3) is 0.360. The Bertz CT molecular complexity index is 1370. The molecule has 1 amide bonds. The quantitative estimate of drug-likeness (QED) is 0.405. The Morgan fingerprint density at radius 3 is 2.32 bits per heavy atom. The van der Waals surface area contributed by atoms with E-state index in [0.717, 1.165) is 22.4 Å². The number of fused-ring (bicyclic) bond motifs is 1. The molecule has 37 heavy (non-hydrogen) atoms. The van der Waals surface area contributed by atoms with Crippen molar-refractivity contribution < 1.29 is 31.1 Å². The first-order valence-electron chi connectivity index (χ1n) is 11.5. The second-order valence-electron chi connectivity index (χ2n) is 9.25. The molecule has 0 radical (unpaired) electrons. The van der Waals surface area contributed by atoms with Crippen molar-refractivity contribution in [1.29, 1.82) is 0 Å². The third-order valence-electron chi connectivity index (χ3n) is 5.88. The summed E-state index contributed by atoms with van der Waals surface area (Å²) in [6.45, 7) is 5.29. The number of sulfone groups is 1. The topological polar surface area (TPSA) is 88.6 Å². The molecule has 0 bridgehead atoms. The zero-order valence-electron chi connectivity index (χ0n) is 20.4. The van der Waals surface area contributed by atoms with E-state index in [9.17, 15) is 26.4 Å². The molecule has 2 aromatic carbocycles. The van der Waals surface area contributed by atoms with E-state index >= 15 is 0 Å². The molecule has 0 fully saturated rings. The number of nitrogens with zero attached hydrogens (tertiary/aromatic N) is 2. The SMILES string of the molecule is CC(C)[C@@H]1c2nc(NC(=O)Cc3ccc(S(C)(=O)=O)cc3)sc2CN1Cc1ccc(OC(F)(F)F)cc1. The van der Waals surface area contributed by atoms with Gasteiger partial charge >= 0.3 is 6.36 Å². The molecule has 3 aromatic rings. The van der Waals surface area contributed by atoms with Gasteiger partial charge in [0.1, 0.15) is 5.75 Å². The number of nitrogens with one attached hydrogen (secondary N) is 1. The zero-order valence-corrected chi connectivity index (χ0v) is 22.0. The van der Waals surface area contributed by atoms with Crippen molar-refractivity contribution >= 4 is 32.2 Å². The molecule has 198 valence electrons. The molecule has 0 unspecified atom stereocenters. The van der Waals surface area contributed by atoms with Crippen molar-refractivity contribution in [3.63, 3.8) is 0 Å². The summed E-state index contributed by atoms with van der Waals surface area (Å²) in [6, 6.07) is 12.0. The predicted octanol–water partition coefficient (Wildman–Crippen LogP) is 5.34. The second-order valence-corrected chi connectivity index (χ2v) is 12.4. The van der Waals surface area contributed by atoms with Crippen LogP contribution >= 0.6 is 11.3 Å². The van der Waals surface area contributed by atoms with E-state index in [2.05, 4.69) is 33.8 Å². The molecule has 4 rings (SSSR count). The van der Waals surface area contributed by atoms with Gasteiger partial charge in [-0.2, -0.15) is 0 Å². The van der Waals surface area contributed by atoms with Crippen LogP contribution in [0.3, 0.4) is 0 Å². The number of aromatic nitrogens is 1. The summed E-state index contributed by atoms with van der Waals surface area (Å²) in [7, 11) is -3.30. The summed E-state index contributed by atoms with van der Waals surface area (Å²) >= 11 is 1.40. The molecular weight excluding hydrogens is 527 g/mol. The maximum Gasteiger partial charge on any atom is 0.573 e. The monoisotopic (exact) mass is 553 g/mol. The molecule has 1 aliphatic rings. The van der Waals surface area contributed by atoms with E-state index < -0.39 is 16.2 Å². The Balaban J connectivity index is 1.40. The van der Waals surface area contributed by atoms with Crippen LogP contribution in [-0.4, -0.2) is 36.8 Å². The van der Waals surface area contributed by atoms with E-state index in [-0.39, 0.29) is 34.9 Å². The minimum Gasteiger partial charge on any atom is -0.406 e. The standard InChI is InChI=1S/C25H26F3N3O4S2/c1-15(2)23-22-20(14-31(23)13-17-4-8-18(9-5-17)35-25(26,27)28)36-24(30-22)29-21(32)12-16-6-10-19(11-7-16)37(3,33)34/h4-11,15,23H,12-14H2,1-3H3,(H,29,30,32)/t23-/m1/s1. The fourth-order valence-electron chi connectivity index (χ4n) is 4.34. The molecule has 2 heterocycles. The van der Waals surface area contributed by atoms with Crippen LogP contribution < -0.4 is 10.1 Å². The van der Waals surface area contributed by atoms with Crippen molar-refractivity contribution in [3.8, 4) is 5.75 Å². The number of anilines is 1. The molecule has 12 heteroatoms. The maximum absolute atomic E-state index is 12.6. The van der Waals surface area contributed by atoms with Gasteiger partial charge in [-0.25, -0.2) is 13.4 Å². The van der Waals surface area contributed by atoms with Crippen LogP contribution in [-0.2, 0) is 34.1 Å². The number of thiazole rings is 1. The minimum absolute atomic E-state index is 0.00783. The number of hydrogen-bond acceptors (Lipinski definition) is 7. The summed E-state index contributed by atoms with van der Waals surface area (Å²) in [4.78, 5) is 20.7. The average molecular weight is 554 g/mol. The number of carbonyl (C=O) groups excluding carboxylic acids is 1. The highest BCUT2D eigenvalue weighted by Crippen LogP contribution is 2.43. The van der Waals surface area contributed by atoms with Crippen molar-refractivity contribution in [2.24, 2.45) is 5.92 Å². The highest BCUT2D eigenvalue weighted by molar-refractivity contribution is 7.90. The van der Waals surface area contributed by atoms with E-state index in [1.807, 2.05) is 0 Å². The highest BCUT2D eigenvalue weighted by Gasteiger charge is 2.36. The second kappa shape index (κ2) is 10.4. The molecule has 7 nitrogen and oxygen atoms in total. The van der Waals surface area contributed by atoms with E-state index in [4.69, 9.17) is 0 Å². The van der Waals surface area contributed by atoms with Gasteiger partial charge in [0.05, 0.1) is 23.1 Å². The lowest BCUT2D eigenvalue weighted by molar-refractivity contribution is -0.274. The summed E-state index contributed by atoms with van der Waals surface area (Å²) in [5, 5.41) is 3.34. The third-order valence-corrected chi connectivity index (χ3v) is 7.98. The molecule has 0 spiro atoms. The van der Waals surface area contributed by atoms with E-state index in [0.29, 0.717) is 23.8 Å². The Labute approximate surface area is 217 Å². The number of halogens is 3. The number of carbonyl (C=O) groups is 1. The molecule has 1 aliphatic heterocycles. The third kappa shape index (κ3) is 6.88. The number of rotatable bonds is 8. The average Bonchev–Trinajstić information content (AvgIpc) is 3.30. The predicted molar refractivity (Wildman–Crippen MR) is 134 cm³/mol. The summed E-state index contributed by atoms with van der Waals surface area (Å²) in [5.41, 5.74) is 2.43. The first-order valence-corrected chi connectivity index (χ1v) is 14.2. The van der Waals surface area contributed by atoms with Gasteiger partial charge in [0.15, 0.2) is 15.0 Å². The largest absolute Gasteiger partial charge is 0.573 e. The fourth-order valence-corrected chi connectivity index (χ4v) is 6.02. The highest BCUT2D eigenvalue weighted by atomic mass is 32.2. The van der Waals surface area contributed by atoms with Gasteiger partial charge in [0.25, 0.3) is 0 Å². The van der Waals surface area contributed by atoms with Crippen LogP contribution in [0.1, 0.15) is 41.6 Å². The van der Waals surface area contributed by atoms with Gasteiger partial charge in [0, 0.05) is 24.2 Å². The van der Waals surface area contributed by atoms with Gasteiger partial charge in [-0.3, -0.25) is 9.69 Å². The Morgan fingerprint density at radius 1 is 1.14 bits per heavy atom. The number of alkyl halides is 3. The Kier molecular flexibility index (Phi) is 7.63. The van der Waals surface area contributed by atoms with Crippen LogP contribution in [0.4, 0.5) is 18.3 Å². The smallest absolute Gasteiger partial charge is 0.406 e. The molecule has 1 N–H and O–H groups in total. The molecule has 0 saturated heterocycles. The summed E-state index contributed by atoms with van der Waals surface area (Å²) in [6.07, 6.45) is -3.51. The lowest BCUT2D eigenvalue weighted by Gasteiger charge is -2.27. The molecule has 0 aliphatic carbocycles. The number of benzene rings is 2. The van der Waals surface area contributed by atoms with Crippen LogP contribution in [0.5, 0.6) is 5.75 Å². The van der Waals surface area contributed by atoms with Gasteiger partial charge in [0.2, 0.25) is 5.91 Å². The summed E-state index contributed by atoms with van der Waals surface area (Å²) in [5.74, 6) is -0.294.